The lowest BCUT2D eigenvalue weighted by molar-refractivity contribution is -0.139. The zero-order valence-corrected chi connectivity index (χ0v) is 16.5. The summed E-state index contributed by atoms with van der Waals surface area (Å²) >= 11 is 0.993. The van der Waals surface area contributed by atoms with E-state index in [9.17, 15) is 18.8 Å². The van der Waals surface area contributed by atoms with Crippen LogP contribution in [0.1, 0.15) is 25.0 Å². The lowest BCUT2D eigenvalue weighted by Gasteiger charge is -2.29. The van der Waals surface area contributed by atoms with E-state index in [-0.39, 0.29) is 17.6 Å². The van der Waals surface area contributed by atoms with Gasteiger partial charge in [0.25, 0.3) is 5.91 Å². The van der Waals surface area contributed by atoms with Gasteiger partial charge in [-0.15, -0.1) is 5.10 Å². The third-order valence-electron chi connectivity index (χ3n) is 4.70. The van der Waals surface area contributed by atoms with Gasteiger partial charge in [-0.25, -0.2) is 4.39 Å². The number of carbonyl (C=O) groups is 3. The summed E-state index contributed by atoms with van der Waals surface area (Å²) in [6.45, 7) is 2.63. The van der Waals surface area contributed by atoms with Crippen molar-refractivity contribution in [2.24, 2.45) is 5.10 Å². The third-order valence-corrected chi connectivity index (χ3v) is 5.94. The van der Waals surface area contributed by atoms with Gasteiger partial charge in [0.05, 0.1) is 12.2 Å². The molecule has 148 valence electrons. The van der Waals surface area contributed by atoms with Crippen LogP contribution >= 0.6 is 11.8 Å². The van der Waals surface area contributed by atoms with Crippen LogP contribution in [0.3, 0.4) is 0 Å². The number of thioether (sulfide) groups is 1. The summed E-state index contributed by atoms with van der Waals surface area (Å²) in [5, 5.41) is 7.98. The van der Waals surface area contributed by atoms with Crippen molar-refractivity contribution in [2.75, 3.05) is 4.90 Å². The molecular formula is C20H17FN4O3S. The SMILES string of the molecule is CC(=O)NC1=NN(C(C)=O)[C@]2(S1)C(=O)N(Cc1ccccc1F)c1ccccc12. The fraction of sp³-hybridized carbons (Fsp3) is 0.200. The molecule has 3 amide bonds. The van der Waals surface area contributed by atoms with Gasteiger partial charge < -0.3 is 10.2 Å². The molecule has 0 aromatic heterocycles. The number of hydrogen-bond donors (Lipinski definition) is 1. The molecule has 0 aliphatic carbocycles. The number of nitrogens with zero attached hydrogens (tertiary/aromatic N) is 3. The van der Waals surface area contributed by atoms with Gasteiger partial charge in [0.15, 0.2) is 5.17 Å². The number of benzene rings is 2. The Kier molecular flexibility index (Phi) is 4.62. The Morgan fingerprint density at radius 1 is 1.14 bits per heavy atom. The maximum atomic E-state index is 14.2. The smallest absolute Gasteiger partial charge is 0.271 e. The van der Waals surface area contributed by atoms with Crippen molar-refractivity contribution < 1.29 is 18.8 Å². The van der Waals surface area contributed by atoms with E-state index >= 15 is 0 Å². The van der Waals surface area contributed by atoms with E-state index in [2.05, 4.69) is 10.4 Å². The summed E-state index contributed by atoms with van der Waals surface area (Å²) in [6, 6.07) is 13.2. The monoisotopic (exact) mass is 412 g/mol. The molecule has 2 aliphatic heterocycles. The van der Waals surface area contributed by atoms with Crippen molar-refractivity contribution >= 4 is 40.3 Å². The largest absolute Gasteiger partial charge is 0.304 e. The minimum atomic E-state index is -1.48. The van der Waals surface area contributed by atoms with Gasteiger partial charge in [0.1, 0.15) is 5.82 Å². The highest BCUT2D eigenvalue weighted by atomic mass is 32.2. The van der Waals surface area contributed by atoms with Crippen LogP contribution in [0.2, 0.25) is 0 Å². The normalized spacial score (nSPS) is 20.1. The van der Waals surface area contributed by atoms with Gasteiger partial charge in [-0.3, -0.25) is 14.4 Å². The van der Waals surface area contributed by atoms with Crippen LogP contribution in [0.15, 0.2) is 53.6 Å². The van der Waals surface area contributed by atoms with E-state index in [1.54, 1.807) is 42.5 Å². The molecule has 2 aliphatic rings. The summed E-state index contributed by atoms with van der Waals surface area (Å²) in [6.07, 6.45) is 0. The number of para-hydroxylation sites is 1. The molecule has 1 atom stereocenters. The van der Waals surface area contributed by atoms with Crippen LogP contribution in [-0.2, 0) is 25.8 Å². The molecule has 2 aromatic carbocycles. The molecule has 0 saturated carbocycles. The fourth-order valence-electron chi connectivity index (χ4n) is 3.52. The van der Waals surface area contributed by atoms with E-state index in [0.717, 1.165) is 16.8 Å². The molecule has 4 rings (SSSR count). The minimum absolute atomic E-state index is 0.00600. The highest BCUT2D eigenvalue weighted by Gasteiger charge is 2.61. The Hall–Kier alpha value is -3.20. The molecule has 1 N–H and O–H groups in total. The minimum Gasteiger partial charge on any atom is -0.304 e. The summed E-state index contributed by atoms with van der Waals surface area (Å²) in [4.78, 5) is 37.5. The number of nitrogens with one attached hydrogen (secondary N) is 1. The maximum Gasteiger partial charge on any atom is 0.271 e. The van der Waals surface area contributed by atoms with E-state index in [1.165, 1.54) is 24.8 Å². The van der Waals surface area contributed by atoms with E-state index in [4.69, 9.17) is 0 Å². The molecule has 0 bridgehead atoms. The number of hydrogen-bond acceptors (Lipinski definition) is 5. The second-order valence-electron chi connectivity index (χ2n) is 6.66. The van der Waals surface area contributed by atoms with Crippen LogP contribution in [0.4, 0.5) is 10.1 Å². The zero-order valence-electron chi connectivity index (χ0n) is 15.7. The Morgan fingerprint density at radius 2 is 1.83 bits per heavy atom. The highest BCUT2D eigenvalue weighted by Crippen LogP contribution is 2.54. The van der Waals surface area contributed by atoms with Crippen molar-refractivity contribution in [3.05, 3.63) is 65.5 Å². The molecule has 0 unspecified atom stereocenters. The van der Waals surface area contributed by atoms with Gasteiger partial charge in [0, 0.05) is 25.0 Å². The number of rotatable bonds is 2. The number of amides is 3. The molecule has 0 radical (unpaired) electrons. The van der Waals surface area contributed by atoms with Crippen molar-refractivity contribution in [2.45, 2.75) is 25.3 Å². The highest BCUT2D eigenvalue weighted by molar-refractivity contribution is 8.15. The standard InChI is InChI=1S/C20H17FN4O3S/c1-12(26)22-19-23-25(13(2)27)20(29-19)15-8-4-6-10-17(15)24(18(20)28)11-14-7-3-5-9-16(14)21/h3-10H,11H2,1-2H3,(H,22,23,26)/t20-/m1/s1. The predicted octanol–water partition coefficient (Wildman–Crippen LogP) is 2.53. The van der Waals surface area contributed by atoms with Gasteiger partial charge >= 0.3 is 0 Å². The average Bonchev–Trinajstić information content (AvgIpc) is 3.16. The van der Waals surface area contributed by atoms with E-state index in [1.807, 2.05) is 0 Å². The molecule has 0 fully saturated rings. The van der Waals surface area contributed by atoms with Crippen LogP contribution in [-0.4, -0.2) is 27.9 Å². The first-order valence-corrected chi connectivity index (χ1v) is 9.67. The molecule has 29 heavy (non-hydrogen) atoms. The summed E-state index contributed by atoms with van der Waals surface area (Å²) in [5.41, 5.74) is 1.48. The maximum absolute atomic E-state index is 14.2. The topological polar surface area (TPSA) is 82.1 Å². The first-order valence-electron chi connectivity index (χ1n) is 8.85. The second kappa shape index (κ2) is 7.00. The Labute approximate surface area is 170 Å². The molecular weight excluding hydrogens is 395 g/mol. The Bertz CT molecular complexity index is 1070. The van der Waals surface area contributed by atoms with Crippen molar-refractivity contribution in [1.29, 1.82) is 0 Å². The number of fused-ring (bicyclic) bond motifs is 2. The number of hydrazone groups is 1. The van der Waals surface area contributed by atoms with Gasteiger partial charge in [-0.2, -0.15) is 5.01 Å². The summed E-state index contributed by atoms with van der Waals surface area (Å²) in [7, 11) is 0. The number of carbonyl (C=O) groups excluding carboxylic acids is 3. The van der Waals surface area contributed by atoms with Crippen LogP contribution in [0, 0.1) is 5.82 Å². The summed E-state index contributed by atoms with van der Waals surface area (Å²) < 4.78 is 14.2. The predicted molar refractivity (Wildman–Crippen MR) is 107 cm³/mol. The zero-order chi connectivity index (χ0) is 20.8. The number of amidine groups is 1. The van der Waals surface area contributed by atoms with E-state index in [0.29, 0.717) is 16.8 Å². The third kappa shape index (κ3) is 2.98. The van der Waals surface area contributed by atoms with Crippen molar-refractivity contribution in [3.63, 3.8) is 0 Å². The molecule has 0 saturated heterocycles. The van der Waals surface area contributed by atoms with Crippen LogP contribution in [0.5, 0.6) is 0 Å². The second-order valence-corrected chi connectivity index (χ2v) is 7.84. The van der Waals surface area contributed by atoms with Crippen molar-refractivity contribution in [3.8, 4) is 0 Å². The number of anilines is 1. The van der Waals surface area contributed by atoms with Crippen LogP contribution < -0.4 is 10.2 Å². The average molecular weight is 412 g/mol. The van der Waals surface area contributed by atoms with Gasteiger partial charge in [-0.1, -0.05) is 36.4 Å². The van der Waals surface area contributed by atoms with Crippen molar-refractivity contribution in [1.82, 2.24) is 10.3 Å². The lowest BCUT2D eigenvalue weighted by Crippen LogP contribution is -2.48. The quantitative estimate of drug-likeness (QED) is 0.822. The van der Waals surface area contributed by atoms with Gasteiger partial charge in [-0.05, 0) is 23.9 Å². The first-order chi connectivity index (χ1) is 13.8. The molecule has 7 nitrogen and oxygen atoms in total. The summed E-state index contributed by atoms with van der Waals surface area (Å²) in [5.74, 6) is -1.66. The van der Waals surface area contributed by atoms with E-state index < -0.39 is 22.5 Å². The Balaban J connectivity index is 1.81. The molecule has 9 heteroatoms. The fourth-order valence-corrected chi connectivity index (χ4v) is 4.85. The Morgan fingerprint density at radius 3 is 2.52 bits per heavy atom. The molecule has 1 spiro atoms. The number of halogens is 1. The lowest BCUT2D eigenvalue weighted by atomic mass is 10.1. The van der Waals surface area contributed by atoms with Crippen LogP contribution in [0.25, 0.3) is 0 Å². The van der Waals surface area contributed by atoms with Gasteiger partial charge in [0.2, 0.25) is 16.7 Å². The molecule has 2 heterocycles. The molecule has 2 aromatic rings. The first kappa shape index (κ1) is 19.1.